The number of nitrogens with one attached hydrogen (secondary N) is 1. The zero-order valence-electron chi connectivity index (χ0n) is 23.9. The number of ether oxygens (including phenoxy) is 1. The summed E-state index contributed by atoms with van der Waals surface area (Å²) >= 11 is 0. The number of primary amides is 2. The highest BCUT2D eigenvalue weighted by Crippen LogP contribution is 2.65. The van der Waals surface area contributed by atoms with Gasteiger partial charge >= 0.3 is 0 Å². The van der Waals surface area contributed by atoms with Crippen LogP contribution in [0.2, 0.25) is 0 Å². The Morgan fingerprint density at radius 2 is 1.93 bits per heavy atom. The van der Waals surface area contributed by atoms with Crippen molar-refractivity contribution in [2.75, 3.05) is 13.7 Å². The topological polar surface area (TPSA) is 125 Å². The number of halogens is 1. The van der Waals surface area contributed by atoms with Crippen LogP contribution in [0.25, 0.3) is 5.57 Å². The first kappa shape index (κ1) is 27.7. The molecule has 8 heteroatoms. The van der Waals surface area contributed by atoms with Crippen molar-refractivity contribution in [3.05, 3.63) is 64.7 Å². The minimum atomic E-state index is -1.35. The molecule has 0 heterocycles. The Balaban J connectivity index is 1.40. The van der Waals surface area contributed by atoms with E-state index in [1.54, 1.807) is 12.2 Å². The van der Waals surface area contributed by atoms with Crippen LogP contribution in [0.1, 0.15) is 74.2 Å². The number of hydrogen-bond donors (Lipinski definition) is 3. The second kappa shape index (κ2) is 10.1. The van der Waals surface area contributed by atoms with Gasteiger partial charge in [-0.1, -0.05) is 31.1 Å². The van der Waals surface area contributed by atoms with E-state index in [4.69, 9.17) is 16.2 Å². The first-order valence-electron chi connectivity index (χ1n) is 14.9. The summed E-state index contributed by atoms with van der Waals surface area (Å²) in [4.78, 5) is 39.7. The molecule has 5 N–H and O–H groups in total. The number of nitrogens with two attached hydrogens (primary N) is 2. The summed E-state index contributed by atoms with van der Waals surface area (Å²) in [6.07, 6.45) is 13.2. The van der Waals surface area contributed by atoms with E-state index < -0.39 is 34.9 Å². The number of fused-ring (bicyclic) bond motifs is 2. The van der Waals surface area contributed by atoms with Crippen LogP contribution in [0.4, 0.5) is 4.39 Å². The van der Waals surface area contributed by atoms with Crippen LogP contribution >= 0.6 is 0 Å². The first-order valence-corrected chi connectivity index (χ1v) is 14.9. The van der Waals surface area contributed by atoms with Crippen LogP contribution in [-0.4, -0.2) is 31.4 Å². The average Bonchev–Trinajstić information content (AvgIpc) is 3.55. The van der Waals surface area contributed by atoms with Crippen molar-refractivity contribution in [3.8, 4) is 0 Å². The van der Waals surface area contributed by atoms with E-state index in [0.717, 1.165) is 25.7 Å². The number of allylic oxidation sites excluding steroid dienone is 5. The van der Waals surface area contributed by atoms with Crippen LogP contribution in [-0.2, 0) is 14.3 Å². The highest BCUT2D eigenvalue weighted by Gasteiger charge is 2.64. The summed E-state index contributed by atoms with van der Waals surface area (Å²) in [5.74, 6) is -1.59. The Hall–Kier alpha value is -3.42. The molecule has 0 aromatic heterocycles. The zero-order valence-corrected chi connectivity index (χ0v) is 23.9. The summed E-state index contributed by atoms with van der Waals surface area (Å²) in [6, 6.07) is 3.97. The predicted octanol–water partition coefficient (Wildman–Crippen LogP) is 4.63. The molecule has 1 aromatic rings. The van der Waals surface area contributed by atoms with E-state index in [1.807, 2.05) is 0 Å². The van der Waals surface area contributed by atoms with Crippen molar-refractivity contribution in [3.63, 3.8) is 0 Å². The highest BCUT2D eigenvalue weighted by atomic mass is 19.1. The van der Waals surface area contributed by atoms with Gasteiger partial charge in [-0.2, -0.15) is 0 Å². The van der Waals surface area contributed by atoms with Gasteiger partial charge in [-0.05, 0) is 104 Å². The SMILES string of the molecule is COC1=CC=C(c2cc(C(N)=O)ccc2F)CC1(C(N)=O)[C@@H]1[C@H]2C/C(=C\C3CC3)[C@H](C2)[C@@H]1C(=O)NCC1(C)CCC1. The molecule has 4 fully saturated rings. The molecule has 1 unspecified atom stereocenters. The number of carbonyl (C=O) groups excluding carboxylic acids is 3. The Morgan fingerprint density at radius 1 is 1.17 bits per heavy atom. The highest BCUT2D eigenvalue weighted by molar-refractivity contribution is 5.95. The molecule has 7 nitrogen and oxygen atoms in total. The van der Waals surface area contributed by atoms with Gasteiger partial charge in [0.2, 0.25) is 17.7 Å². The fourth-order valence-corrected chi connectivity index (χ4v) is 8.18. The minimum Gasteiger partial charge on any atom is -0.500 e. The van der Waals surface area contributed by atoms with Gasteiger partial charge in [0, 0.05) is 23.6 Å². The number of methoxy groups -OCH3 is 1. The number of carbonyl (C=O) groups is 3. The third-order valence-electron chi connectivity index (χ3n) is 10.7. The van der Waals surface area contributed by atoms with Crippen molar-refractivity contribution in [2.24, 2.45) is 51.9 Å². The lowest BCUT2D eigenvalue weighted by molar-refractivity contribution is -0.138. The second-order valence-electron chi connectivity index (χ2n) is 13.3. The number of hydrogen-bond acceptors (Lipinski definition) is 4. The van der Waals surface area contributed by atoms with Crippen LogP contribution in [0.3, 0.4) is 0 Å². The molecule has 218 valence electrons. The van der Waals surface area contributed by atoms with Crippen molar-refractivity contribution >= 4 is 23.3 Å². The second-order valence-corrected chi connectivity index (χ2v) is 13.3. The van der Waals surface area contributed by atoms with Gasteiger partial charge in [-0.3, -0.25) is 14.4 Å². The standard InChI is InChI=1S/C33H40FN3O4/c1-32(10-3-11-32)17-37-30(39)27-24-15-22(13-21(24)12-18-4-5-18)28(27)33(31(36)40)16-20(7-9-26(33)41-2)23-14-19(29(35)38)6-8-25(23)34/h6-9,12,14,18,22,24,27-28H,3-5,10-11,13,15-17H2,1-2H3,(H2,35,38)(H2,36,40)(H,37,39)/b21-12+/t22-,24-,27-,28+,33?/m0/s1. The van der Waals surface area contributed by atoms with Gasteiger partial charge in [0.25, 0.3) is 0 Å². The summed E-state index contributed by atoms with van der Waals surface area (Å²) in [5, 5.41) is 3.27. The Labute approximate surface area is 240 Å². The van der Waals surface area contributed by atoms with Crippen LogP contribution < -0.4 is 16.8 Å². The van der Waals surface area contributed by atoms with Gasteiger partial charge in [0.15, 0.2) is 0 Å². The van der Waals surface area contributed by atoms with Gasteiger partial charge in [0.1, 0.15) is 17.0 Å². The number of rotatable bonds is 9. The monoisotopic (exact) mass is 561 g/mol. The molecular formula is C33H40FN3O4. The fourth-order valence-electron chi connectivity index (χ4n) is 8.18. The average molecular weight is 562 g/mol. The van der Waals surface area contributed by atoms with Gasteiger partial charge in [-0.15, -0.1) is 0 Å². The molecule has 0 saturated heterocycles. The lowest BCUT2D eigenvalue weighted by atomic mass is 9.57. The molecule has 3 amide bonds. The van der Waals surface area contributed by atoms with Crippen molar-refractivity contribution < 1.29 is 23.5 Å². The predicted molar refractivity (Wildman–Crippen MR) is 153 cm³/mol. The molecule has 5 atom stereocenters. The van der Waals surface area contributed by atoms with E-state index in [1.165, 1.54) is 50.1 Å². The van der Waals surface area contributed by atoms with Crippen LogP contribution in [0, 0.1) is 46.2 Å². The zero-order chi connectivity index (χ0) is 29.1. The van der Waals surface area contributed by atoms with Gasteiger partial charge in [0.05, 0.1) is 7.11 Å². The molecule has 4 saturated carbocycles. The third kappa shape index (κ3) is 4.69. The summed E-state index contributed by atoms with van der Waals surface area (Å²) in [5.41, 5.74) is 12.8. The molecule has 0 aliphatic heterocycles. The maximum atomic E-state index is 15.2. The summed E-state index contributed by atoms with van der Waals surface area (Å²) < 4.78 is 21.0. The summed E-state index contributed by atoms with van der Waals surface area (Å²) in [6.45, 7) is 2.82. The van der Waals surface area contributed by atoms with E-state index in [9.17, 15) is 14.4 Å². The van der Waals surface area contributed by atoms with Crippen LogP contribution in [0.15, 0.2) is 47.8 Å². The molecule has 2 bridgehead atoms. The molecule has 6 rings (SSSR count). The van der Waals surface area contributed by atoms with Gasteiger partial charge < -0.3 is 21.5 Å². The number of amides is 3. The molecular weight excluding hydrogens is 521 g/mol. The molecule has 5 aliphatic rings. The maximum Gasteiger partial charge on any atom is 0.248 e. The fraction of sp³-hybridized carbons (Fsp3) is 0.545. The molecule has 0 spiro atoms. The van der Waals surface area contributed by atoms with E-state index in [2.05, 4.69) is 18.3 Å². The van der Waals surface area contributed by atoms with Crippen molar-refractivity contribution in [2.45, 2.75) is 58.3 Å². The summed E-state index contributed by atoms with van der Waals surface area (Å²) in [7, 11) is 1.51. The number of benzene rings is 1. The Morgan fingerprint density at radius 3 is 2.54 bits per heavy atom. The van der Waals surface area contributed by atoms with Crippen molar-refractivity contribution in [1.82, 2.24) is 5.32 Å². The lowest BCUT2D eigenvalue weighted by Gasteiger charge is -2.47. The lowest BCUT2D eigenvalue weighted by Crippen LogP contribution is -2.54. The molecule has 0 radical (unpaired) electrons. The molecule has 41 heavy (non-hydrogen) atoms. The van der Waals surface area contributed by atoms with Crippen molar-refractivity contribution in [1.29, 1.82) is 0 Å². The maximum absolute atomic E-state index is 15.2. The van der Waals surface area contributed by atoms with Crippen LogP contribution in [0.5, 0.6) is 0 Å². The Bertz CT molecular complexity index is 1390. The quantitative estimate of drug-likeness (QED) is 0.380. The normalized spacial score (nSPS) is 32.6. The van der Waals surface area contributed by atoms with E-state index >= 15 is 4.39 Å². The van der Waals surface area contributed by atoms with E-state index in [0.29, 0.717) is 23.8 Å². The molecule has 5 aliphatic carbocycles. The van der Waals surface area contributed by atoms with Gasteiger partial charge in [-0.25, -0.2) is 4.39 Å². The Kier molecular flexibility index (Phi) is 6.86. The third-order valence-corrected chi connectivity index (χ3v) is 10.7. The molecule has 1 aromatic carbocycles. The smallest absolute Gasteiger partial charge is 0.248 e. The van der Waals surface area contributed by atoms with E-state index in [-0.39, 0.29) is 40.7 Å². The largest absolute Gasteiger partial charge is 0.500 e. The first-order chi connectivity index (χ1) is 19.6. The minimum absolute atomic E-state index is 0.0360.